The Balaban J connectivity index is 3.94. The molecule has 2 nitrogen and oxygen atoms in total. The van der Waals surface area contributed by atoms with E-state index in [-0.39, 0.29) is 5.97 Å². The van der Waals surface area contributed by atoms with Crippen LogP contribution in [-0.4, -0.2) is 12.6 Å². The molecule has 0 fully saturated rings. The van der Waals surface area contributed by atoms with Crippen LogP contribution in [-0.2, 0) is 9.53 Å². The maximum absolute atomic E-state index is 11.6. The summed E-state index contributed by atoms with van der Waals surface area (Å²) >= 11 is 0. The lowest BCUT2D eigenvalue weighted by Gasteiger charge is -2.16. The van der Waals surface area contributed by atoms with Gasteiger partial charge in [-0.3, -0.25) is 4.79 Å². The number of rotatable bonds is 11. The summed E-state index contributed by atoms with van der Waals surface area (Å²) in [6.45, 7) is 9.13. The lowest BCUT2D eigenvalue weighted by atomic mass is 9.91. The monoisotopic (exact) mass is 256 g/mol. The third kappa shape index (κ3) is 10.6. The smallest absolute Gasteiger partial charge is 0.306 e. The Bertz CT molecular complexity index is 199. The molecule has 18 heavy (non-hydrogen) atoms. The van der Waals surface area contributed by atoms with Crippen molar-refractivity contribution in [3.63, 3.8) is 0 Å². The van der Waals surface area contributed by atoms with Gasteiger partial charge in [0.25, 0.3) is 0 Å². The summed E-state index contributed by atoms with van der Waals surface area (Å²) in [4.78, 5) is 11.6. The molecule has 0 aromatic heterocycles. The zero-order chi connectivity index (χ0) is 13.8. The molecule has 0 rings (SSSR count). The van der Waals surface area contributed by atoms with Crippen LogP contribution < -0.4 is 0 Å². The van der Waals surface area contributed by atoms with Gasteiger partial charge in [-0.05, 0) is 31.6 Å². The van der Waals surface area contributed by atoms with Gasteiger partial charge in [0.1, 0.15) is 0 Å². The average Bonchev–Trinajstić information content (AvgIpc) is 2.28. The van der Waals surface area contributed by atoms with E-state index >= 15 is 0 Å². The fourth-order valence-corrected chi connectivity index (χ4v) is 2.30. The van der Waals surface area contributed by atoms with Gasteiger partial charge >= 0.3 is 5.97 Å². The normalized spacial score (nSPS) is 12.7. The van der Waals surface area contributed by atoms with Crippen molar-refractivity contribution in [1.82, 2.24) is 0 Å². The fraction of sp³-hybridized carbons (Fsp3) is 0.938. The second-order valence-electron chi connectivity index (χ2n) is 5.70. The maximum Gasteiger partial charge on any atom is 0.306 e. The molecule has 0 spiro atoms. The third-order valence-electron chi connectivity index (χ3n) is 3.37. The van der Waals surface area contributed by atoms with E-state index < -0.39 is 0 Å². The van der Waals surface area contributed by atoms with E-state index in [9.17, 15) is 4.79 Å². The summed E-state index contributed by atoms with van der Waals surface area (Å²) in [5.41, 5.74) is 0. The summed E-state index contributed by atoms with van der Waals surface area (Å²) in [6, 6.07) is 0. The molecule has 0 bridgehead atoms. The van der Waals surface area contributed by atoms with E-state index in [1.807, 2.05) is 6.92 Å². The fourth-order valence-electron chi connectivity index (χ4n) is 2.30. The molecule has 0 heterocycles. The van der Waals surface area contributed by atoms with E-state index in [1.165, 1.54) is 44.9 Å². The van der Waals surface area contributed by atoms with E-state index in [4.69, 9.17) is 4.74 Å². The summed E-state index contributed by atoms with van der Waals surface area (Å²) in [5, 5.41) is 0. The molecule has 0 aliphatic carbocycles. The zero-order valence-corrected chi connectivity index (χ0v) is 12.8. The first-order valence-electron chi connectivity index (χ1n) is 7.75. The SMILES string of the molecule is CCCCCC(CCCC(C)C)CC(=O)OCC. The van der Waals surface area contributed by atoms with Crippen LogP contribution in [0.15, 0.2) is 0 Å². The standard InChI is InChI=1S/C16H32O2/c1-5-7-8-11-15(12-9-10-14(3)4)13-16(17)18-6-2/h14-15H,5-13H2,1-4H3. The average molecular weight is 256 g/mol. The quantitative estimate of drug-likeness (QED) is 0.385. The largest absolute Gasteiger partial charge is 0.466 e. The Morgan fingerprint density at radius 1 is 1.00 bits per heavy atom. The Kier molecular flexibility index (Phi) is 11.2. The first-order valence-corrected chi connectivity index (χ1v) is 7.75. The summed E-state index contributed by atoms with van der Waals surface area (Å²) in [6.07, 6.45) is 9.28. The van der Waals surface area contributed by atoms with Gasteiger partial charge in [-0.15, -0.1) is 0 Å². The van der Waals surface area contributed by atoms with Crippen molar-refractivity contribution in [3.8, 4) is 0 Å². The highest BCUT2D eigenvalue weighted by Crippen LogP contribution is 2.22. The minimum Gasteiger partial charge on any atom is -0.466 e. The van der Waals surface area contributed by atoms with Crippen LogP contribution in [0.3, 0.4) is 0 Å². The maximum atomic E-state index is 11.6. The summed E-state index contributed by atoms with van der Waals surface area (Å²) < 4.78 is 5.07. The number of esters is 1. The second-order valence-corrected chi connectivity index (χ2v) is 5.70. The van der Waals surface area contributed by atoms with Crippen LogP contribution in [0.5, 0.6) is 0 Å². The first kappa shape index (κ1) is 17.5. The molecule has 0 N–H and O–H groups in total. The van der Waals surface area contributed by atoms with E-state index in [0.29, 0.717) is 18.9 Å². The van der Waals surface area contributed by atoms with Crippen molar-refractivity contribution in [2.24, 2.45) is 11.8 Å². The number of unbranched alkanes of at least 4 members (excludes halogenated alkanes) is 2. The van der Waals surface area contributed by atoms with Crippen molar-refractivity contribution in [3.05, 3.63) is 0 Å². The van der Waals surface area contributed by atoms with Crippen LogP contribution in [0.4, 0.5) is 0 Å². The number of hydrogen-bond acceptors (Lipinski definition) is 2. The molecule has 0 aliphatic heterocycles. The van der Waals surface area contributed by atoms with Gasteiger partial charge in [0.2, 0.25) is 0 Å². The van der Waals surface area contributed by atoms with Crippen molar-refractivity contribution >= 4 is 5.97 Å². The molecule has 0 radical (unpaired) electrons. The number of carbonyl (C=O) groups excluding carboxylic acids is 1. The minimum atomic E-state index is -0.0106. The molecule has 0 amide bonds. The molecular weight excluding hydrogens is 224 g/mol. The summed E-state index contributed by atoms with van der Waals surface area (Å²) in [7, 11) is 0. The third-order valence-corrected chi connectivity index (χ3v) is 3.37. The van der Waals surface area contributed by atoms with Crippen molar-refractivity contribution < 1.29 is 9.53 Å². The molecule has 2 heteroatoms. The highest BCUT2D eigenvalue weighted by molar-refractivity contribution is 5.69. The predicted octanol–water partition coefficient (Wildman–Crippen LogP) is 4.96. The van der Waals surface area contributed by atoms with Gasteiger partial charge < -0.3 is 4.74 Å². The Morgan fingerprint density at radius 2 is 1.67 bits per heavy atom. The Hall–Kier alpha value is -0.530. The van der Waals surface area contributed by atoms with Gasteiger partial charge in [0.05, 0.1) is 6.61 Å². The van der Waals surface area contributed by atoms with Gasteiger partial charge in [-0.25, -0.2) is 0 Å². The number of carbonyl (C=O) groups is 1. The topological polar surface area (TPSA) is 26.3 Å². The van der Waals surface area contributed by atoms with Crippen LogP contribution in [0, 0.1) is 11.8 Å². The molecule has 0 saturated heterocycles. The van der Waals surface area contributed by atoms with Gasteiger partial charge in [-0.2, -0.15) is 0 Å². The Morgan fingerprint density at radius 3 is 2.22 bits per heavy atom. The first-order chi connectivity index (χ1) is 8.60. The molecule has 0 aromatic carbocycles. The van der Waals surface area contributed by atoms with Crippen LogP contribution in [0.1, 0.15) is 79.1 Å². The van der Waals surface area contributed by atoms with Crippen molar-refractivity contribution in [2.45, 2.75) is 79.1 Å². The predicted molar refractivity (Wildman–Crippen MR) is 77.6 cm³/mol. The van der Waals surface area contributed by atoms with Crippen LogP contribution in [0.25, 0.3) is 0 Å². The number of ether oxygens (including phenoxy) is 1. The molecule has 0 saturated carbocycles. The van der Waals surface area contributed by atoms with E-state index in [0.717, 1.165) is 5.92 Å². The van der Waals surface area contributed by atoms with E-state index in [1.54, 1.807) is 0 Å². The zero-order valence-electron chi connectivity index (χ0n) is 12.8. The molecule has 1 unspecified atom stereocenters. The lowest BCUT2D eigenvalue weighted by molar-refractivity contribution is -0.144. The van der Waals surface area contributed by atoms with Crippen molar-refractivity contribution in [1.29, 1.82) is 0 Å². The van der Waals surface area contributed by atoms with Crippen LogP contribution >= 0.6 is 0 Å². The van der Waals surface area contributed by atoms with Gasteiger partial charge in [-0.1, -0.05) is 52.9 Å². The van der Waals surface area contributed by atoms with E-state index in [2.05, 4.69) is 20.8 Å². The molecule has 0 aliphatic rings. The number of hydrogen-bond donors (Lipinski definition) is 0. The molecular formula is C16H32O2. The molecule has 1 atom stereocenters. The summed E-state index contributed by atoms with van der Waals surface area (Å²) in [5.74, 6) is 1.29. The van der Waals surface area contributed by atoms with Crippen LogP contribution in [0.2, 0.25) is 0 Å². The Labute approximate surface area is 113 Å². The van der Waals surface area contributed by atoms with Crippen molar-refractivity contribution in [2.75, 3.05) is 6.61 Å². The minimum absolute atomic E-state index is 0.0106. The lowest BCUT2D eigenvalue weighted by Crippen LogP contribution is -2.12. The molecule has 0 aromatic rings. The highest BCUT2D eigenvalue weighted by Gasteiger charge is 2.14. The van der Waals surface area contributed by atoms with Gasteiger partial charge in [0.15, 0.2) is 0 Å². The second kappa shape index (κ2) is 11.6. The highest BCUT2D eigenvalue weighted by atomic mass is 16.5. The molecule has 108 valence electrons. The van der Waals surface area contributed by atoms with Gasteiger partial charge in [0, 0.05) is 6.42 Å².